The Morgan fingerprint density at radius 2 is 1.94 bits per heavy atom. The minimum Gasteiger partial charge on any atom is -0.323 e. The van der Waals surface area contributed by atoms with Gasteiger partial charge in [-0.3, -0.25) is 4.79 Å². The number of hydrogen-bond acceptors (Lipinski definition) is 2. The summed E-state index contributed by atoms with van der Waals surface area (Å²) in [6, 6.07) is 6.92. The van der Waals surface area contributed by atoms with Gasteiger partial charge in [0.1, 0.15) is 5.78 Å². The molecule has 0 radical (unpaired) electrons. The lowest BCUT2D eigenvalue weighted by Crippen LogP contribution is -2.48. The van der Waals surface area contributed by atoms with Crippen molar-refractivity contribution in [3.05, 3.63) is 59.2 Å². The Morgan fingerprint density at radius 3 is 2.47 bits per heavy atom. The molecule has 0 spiro atoms. The number of nitrogens with two attached hydrogens (primary N) is 1. The molecule has 0 amide bonds. The SMILES string of the molecule is CC(=O)C1(c2ccc(Cl)cc2)C=CC=CC1N. The molecule has 0 heterocycles. The summed E-state index contributed by atoms with van der Waals surface area (Å²) in [5, 5.41) is 0.649. The lowest BCUT2D eigenvalue weighted by atomic mass is 9.69. The lowest BCUT2D eigenvalue weighted by molar-refractivity contribution is -0.121. The Morgan fingerprint density at radius 1 is 1.29 bits per heavy atom. The molecule has 0 aromatic heterocycles. The Kier molecular flexibility index (Phi) is 3.18. The summed E-state index contributed by atoms with van der Waals surface area (Å²) in [5.74, 6) is 0.0351. The van der Waals surface area contributed by atoms with Crippen LogP contribution in [0.15, 0.2) is 48.6 Å². The summed E-state index contributed by atoms with van der Waals surface area (Å²) in [6.45, 7) is 1.57. The van der Waals surface area contributed by atoms with E-state index in [9.17, 15) is 4.79 Å². The first-order valence-electron chi connectivity index (χ1n) is 5.46. The van der Waals surface area contributed by atoms with E-state index in [4.69, 9.17) is 17.3 Å². The van der Waals surface area contributed by atoms with Gasteiger partial charge in [0.15, 0.2) is 0 Å². The third kappa shape index (κ3) is 1.94. The minimum atomic E-state index is -0.765. The van der Waals surface area contributed by atoms with E-state index in [0.717, 1.165) is 5.56 Å². The molecule has 1 aromatic carbocycles. The van der Waals surface area contributed by atoms with Gasteiger partial charge < -0.3 is 5.73 Å². The van der Waals surface area contributed by atoms with Gasteiger partial charge in [-0.15, -0.1) is 0 Å². The minimum absolute atomic E-state index is 0.0351. The first-order chi connectivity index (χ1) is 8.07. The molecule has 1 aromatic rings. The summed E-state index contributed by atoms with van der Waals surface area (Å²) in [6.07, 6.45) is 7.43. The van der Waals surface area contributed by atoms with Crippen LogP contribution >= 0.6 is 11.6 Å². The predicted octanol–water partition coefficient (Wildman–Crippen LogP) is 2.62. The fraction of sp³-hybridized carbons (Fsp3) is 0.214. The highest BCUT2D eigenvalue weighted by Crippen LogP contribution is 2.33. The van der Waals surface area contributed by atoms with E-state index in [1.807, 2.05) is 36.4 Å². The maximum atomic E-state index is 12.0. The zero-order valence-corrected chi connectivity index (χ0v) is 10.3. The number of carbonyl (C=O) groups is 1. The number of allylic oxidation sites excluding steroid dienone is 2. The van der Waals surface area contributed by atoms with E-state index in [1.54, 1.807) is 19.1 Å². The molecule has 17 heavy (non-hydrogen) atoms. The summed E-state index contributed by atoms with van der Waals surface area (Å²) < 4.78 is 0. The number of Topliss-reactive ketones (excluding diaryl/α,β-unsaturated/α-hetero) is 1. The van der Waals surface area contributed by atoms with Crippen molar-refractivity contribution in [2.75, 3.05) is 0 Å². The van der Waals surface area contributed by atoms with E-state index in [1.165, 1.54) is 0 Å². The van der Waals surface area contributed by atoms with Crippen LogP contribution in [-0.2, 0) is 10.2 Å². The maximum Gasteiger partial charge on any atom is 0.146 e. The standard InChI is InChI=1S/C14H14ClNO/c1-10(17)14(9-3-2-4-13(14)16)11-5-7-12(15)8-6-11/h2-9,13H,16H2,1H3. The van der Waals surface area contributed by atoms with Crippen molar-refractivity contribution in [3.8, 4) is 0 Å². The third-order valence-electron chi connectivity index (χ3n) is 3.22. The molecule has 0 fully saturated rings. The van der Waals surface area contributed by atoms with Crippen molar-refractivity contribution in [2.24, 2.45) is 5.73 Å². The molecule has 2 atom stereocenters. The van der Waals surface area contributed by atoms with E-state index >= 15 is 0 Å². The highest BCUT2D eigenvalue weighted by atomic mass is 35.5. The molecule has 2 N–H and O–H groups in total. The van der Waals surface area contributed by atoms with Crippen molar-refractivity contribution in [1.82, 2.24) is 0 Å². The summed E-state index contributed by atoms with van der Waals surface area (Å²) >= 11 is 5.86. The molecule has 2 nitrogen and oxygen atoms in total. The number of halogens is 1. The molecule has 3 heteroatoms. The lowest BCUT2D eigenvalue weighted by Gasteiger charge is -2.34. The molecule has 0 aliphatic heterocycles. The maximum absolute atomic E-state index is 12.0. The smallest absolute Gasteiger partial charge is 0.146 e. The first-order valence-corrected chi connectivity index (χ1v) is 5.84. The summed E-state index contributed by atoms with van der Waals surface area (Å²) in [5.41, 5.74) is 6.21. The van der Waals surface area contributed by atoms with Crippen LogP contribution in [0.5, 0.6) is 0 Å². The molecular formula is C14H14ClNO. The summed E-state index contributed by atoms with van der Waals surface area (Å²) in [4.78, 5) is 12.0. The number of rotatable bonds is 2. The van der Waals surface area contributed by atoms with E-state index < -0.39 is 5.41 Å². The largest absolute Gasteiger partial charge is 0.323 e. The van der Waals surface area contributed by atoms with Crippen molar-refractivity contribution in [2.45, 2.75) is 18.4 Å². The third-order valence-corrected chi connectivity index (χ3v) is 3.47. The van der Waals surface area contributed by atoms with Gasteiger partial charge in [-0.1, -0.05) is 48.0 Å². The normalized spacial score (nSPS) is 27.1. The second kappa shape index (κ2) is 4.47. The van der Waals surface area contributed by atoms with Gasteiger partial charge in [0.05, 0.1) is 5.41 Å². The van der Waals surface area contributed by atoms with Crippen LogP contribution < -0.4 is 5.73 Å². The molecule has 0 saturated carbocycles. The molecule has 1 aliphatic rings. The average Bonchev–Trinajstić information content (AvgIpc) is 2.31. The predicted molar refractivity (Wildman–Crippen MR) is 70.1 cm³/mol. The molecule has 88 valence electrons. The number of carbonyl (C=O) groups excluding carboxylic acids is 1. The molecular weight excluding hydrogens is 234 g/mol. The molecule has 2 unspecified atom stereocenters. The van der Waals surface area contributed by atoms with Gasteiger partial charge in [0.25, 0.3) is 0 Å². The van der Waals surface area contributed by atoms with Crippen LogP contribution in [0.3, 0.4) is 0 Å². The highest BCUT2D eigenvalue weighted by Gasteiger charge is 2.40. The fourth-order valence-electron chi connectivity index (χ4n) is 2.22. The van der Waals surface area contributed by atoms with E-state index in [2.05, 4.69) is 0 Å². The van der Waals surface area contributed by atoms with Crippen molar-refractivity contribution < 1.29 is 4.79 Å². The molecule has 2 rings (SSSR count). The quantitative estimate of drug-likeness (QED) is 0.873. The molecule has 0 saturated heterocycles. The van der Waals surface area contributed by atoms with Gasteiger partial charge in [0.2, 0.25) is 0 Å². The number of benzene rings is 1. The van der Waals surface area contributed by atoms with Crippen LogP contribution in [0.4, 0.5) is 0 Å². The van der Waals surface area contributed by atoms with Crippen molar-refractivity contribution >= 4 is 17.4 Å². The van der Waals surface area contributed by atoms with Gasteiger partial charge in [-0.05, 0) is 24.6 Å². The van der Waals surface area contributed by atoms with E-state index in [0.29, 0.717) is 5.02 Å². The van der Waals surface area contributed by atoms with Crippen molar-refractivity contribution in [1.29, 1.82) is 0 Å². The van der Waals surface area contributed by atoms with Gasteiger partial charge in [-0.2, -0.15) is 0 Å². The van der Waals surface area contributed by atoms with E-state index in [-0.39, 0.29) is 11.8 Å². The van der Waals surface area contributed by atoms with Crippen LogP contribution in [0.2, 0.25) is 5.02 Å². The highest BCUT2D eigenvalue weighted by molar-refractivity contribution is 6.30. The molecule has 1 aliphatic carbocycles. The number of hydrogen-bond donors (Lipinski definition) is 1. The van der Waals surface area contributed by atoms with Crippen LogP contribution in [-0.4, -0.2) is 11.8 Å². The first kappa shape index (κ1) is 12.1. The van der Waals surface area contributed by atoms with Crippen LogP contribution in [0.25, 0.3) is 0 Å². The Hall–Kier alpha value is -1.38. The fourth-order valence-corrected chi connectivity index (χ4v) is 2.35. The van der Waals surface area contributed by atoms with Crippen LogP contribution in [0.1, 0.15) is 12.5 Å². The van der Waals surface area contributed by atoms with Crippen molar-refractivity contribution in [3.63, 3.8) is 0 Å². The Bertz CT molecular complexity index is 489. The zero-order chi connectivity index (χ0) is 12.5. The Labute approximate surface area is 106 Å². The van der Waals surface area contributed by atoms with Gasteiger partial charge in [0, 0.05) is 11.1 Å². The second-order valence-corrected chi connectivity index (χ2v) is 4.64. The summed E-state index contributed by atoms with van der Waals surface area (Å²) in [7, 11) is 0. The molecule has 0 bridgehead atoms. The topological polar surface area (TPSA) is 43.1 Å². The van der Waals surface area contributed by atoms with Gasteiger partial charge in [-0.25, -0.2) is 0 Å². The Balaban J connectivity index is 2.56. The van der Waals surface area contributed by atoms with Gasteiger partial charge >= 0.3 is 0 Å². The van der Waals surface area contributed by atoms with Crippen LogP contribution in [0, 0.1) is 0 Å². The number of ketones is 1. The second-order valence-electron chi connectivity index (χ2n) is 4.20. The zero-order valence-electron chi connectivity index (χ0n) is 9.56. The monoisotopic (exact) mass is 247 g/mol. The average molecular weight is 248 g/mol.